The van der Waals surface area contributed by atoms with Crippen LogP contribution in [0.3, 0.4) is 0 Å². The Hall–Kier alpha value is -1.02. The number of hydrogen-bond acceptors (Lipinski definition) is 1. The van der Waals surface area contributed by atoms with Gasteiger partial charge in [0.2, 0.25) is 0 Å². The smallest absolute Gasteiger partial charge is 0.0637 e. The van der Waals surface area contributed by atoms with E-state index >= 15 is 0 Å². The standard InChI is InChI=1S/C16H15Cl2N/c17-14-8-4-7-12(16(14)18)10-19-15-9-13(15)11-5-2-1-3-6-11/h1-8,13,15,19H,9-10H2. The fraction of sp³-hybridized carbons (Fsp3) is 0.250. The fourth-order valence-corrected chi connectivity index (χ4v) is 2.80. The van der Waals surface area contributed by atoms with E-state index in [0.29, 0.717) is 22.0 Å². The Morgan fingerprint density at radius 1 is 1.00 bits per heavy atom. The van der Waals surface area contributed by atoms with Gasteiger partial charge in [-0.2, -0.15) is 0 Å². The average Bonchev–Trinajstić information content (AvgIpc) is 3.21. The van der Waals surface area contributed by atoms with Crippen molar-refractivity contribution >= 4 is 23.2 Å². The highest BCUT2D eigenvalue weighted by Gasteiger charge is 2.37. The first kappa shape index (κ1) is 13.0. The zero-order valence-corrected chi connectivity index (χ0v) is 12.0. The maximum atomic E-state index is 6.18. The Morgan fingerprint density at radius 3 is 2.58 bits per heavy atom. The lowest BCUT2D eigenvalue weighted by Crippen LogP contribution is -2.17. The van der Waals surface area contributed by atoms with E-state index < -0.39 is 0 Å². The molecule has 2 aromatic rings. The molecule has 0 radical (unpaired) electrons. The fourth-order valence-electron chi connectivity index (χ4n) is 2.42. The molecule has 1 saturated carbocycles. The van der Waals surface area contributed by atoms with Crippen molar-refractivity contribution in [2.45, 2.75) is 24.9 Å². The molecule has 2 unspecified atom stereocenters. The van der Waals surface area contributed by atoms with Crippen LogP contribution >= 0.6 is 23.2 Å². The van der Waals surface area contributed by atoms with Crippen molar-refractivity contribution in [3.63, 3.8) is 0 Å². The Labute approximate surface area is 123 Å². The Bertz CT molecular complexity index is 568. The topological polar surface area (TPSA) is 12.0 Å². The molecule has 1 aliphatic rings. The van der Waals surface area contributed by atoms with Crippen molar-refractivity contribution in [1.82, 2.24) is 5.32 Å². The number of nitrogens with one attached hydrogen (secondary N) is 1. The van der Waals surface area contributed by atoms with Gasteiger partial charge in [0.1, 0.15) is 0 Å². The van der Waals surface area contributed by atoms with Crippen LogP contribution in [0, 0.1) is 0 Å². The second-order valence-electron chi connectivity index (χ2n) is 4.95. The predicted molar refractivity (Wildman–Crippen MR) is 80.9 cm³/mol. The predicted octanol–water partition coefficient (Wildman–Crippen LogP) is 4.64. The highest BCUT2D eigenvalue weighted by molar-refractivity contribution is 6.42. The van der Waals surface area contributed by atoms with Crippen molar-refractivity contribution < 1.29 is 0 Å². The molecule has 1 aliphatic carbocycles. The summed E-state index contributed by atoms with van der Waals surface area (Å²) in [5.74, 6) is 0.638. The van der Waals surface area contributed by atoms with Gasteiger partial charge in [0.15, 0.2) is 0 Å². The van der Waals surface area contributed by atoms with Crippen molar-refractivity contribution in [2.75, 3.05) is 0 Å². The third-order valence-corrected chi connectivity index (χ3v) is 4.46. The SMILES string of the molecule is Clc1cccc(CNC2CC2c2ccccc2)c1Cl. The van der Waals surface area contributed by atoms with Crippen LogP contribution in [0.1, 0.15) is 23.5 Å². The van der Waals surface area contributed by atoms with Crippen LogP contribution in [-0.2, 0) is 6.54 Å². The molecule has 2 aromatic carbocycles. The molecule has 0 aliphatic heterocycles. The van der Waals surface area contributed by atoms with Gasteiger partial charge < -0.3 is 5.32 Å². The summed E-state index contributed by atoms with van der Waals surface area (Å²) in [5.41, 5.74) is 2.48. The van der Waals surface area contributed by atoms with E-state index in [9.17, 15) is 0 Å². The van der Waals surface area contributed by atoms with Gasteiger partial charge in [-0.1, -0.05) is 65.7 Å². The van der Waals surface area contributed by atoms with Crippen LogP contribution < -0.4 is 5.32 Å². The minimum Gasteiger partial charge on any atom is -0.309 e. The van der Waals surface area contributed by atoms with E-state index in [1.54, 1.807) is 0 Å². The van der Waals surface area contributed by atoms with Crippen LogP contribution in [0.5, 0.6) is 0 Å². The molecule has 19 heavy (non-hydrogen) atoms. The lowest BCUT2D eigenvalue weighted by atomic mass is 10.1. The van der Waals surface area contributed by atoms with Crippen LogP contribution in [0.15, 0.2) is 48.5 Å². The van der Waals surface area contributed by atoms with E-state index in [0.717, 1.165) is 12.1 Å². The highest BCUT2D eigenvalue weighted by atomic mass is 35.5. The molecule has 0 heterocycles. The van der Waals surface area contributed by atoms with Gasteiger partial charge in [-0.15, -0.1) is 0 Å². The molecule has 0 bridgehead atoms. The van der Waals surface area contributed by atoms with Gasteiger partial charge in [-0.05, 0) is 23.6 Å². The second kappa shape index (κ2) is 5.54. The van der Waals surface area contributed by atoms with Crippen molar-refractivity contribution in [3.8, 4) is 0 Å². The van der Waals surface area contributed by atoms with Gasteiger partial charge in [-0.25, -0.2) is 0 Å². The zero-order chi connectivity index (χ0) is 13.2. The van der Waals surface area contributed by atoms with Crippen molar-refractivity contribution in [1.29, 1.82) is 0 Å². The Balaban J connectivity index is 1.59. The van der Waals surface area contributed by atoms with Crippen molar-refractivity contribution in [3.05, 3.63) is 69.7 Å². The summed E-state index contributed by atoms with van der Waals surface area (Å²) in [4.78, 5) is 0. The first-order chi connectivity index (χ1) is 9.25. The Kier molecular flexibility index (Phi) is 3.79. The molecule has 0 saturated heterocycles. The molecular weight excluding hydrogens is 277 g/mol. The molecule has 1 nitrogen and oxygen atoms in total. The van der Waals surface area contributed by atoms with E-state index in [1.807, 2.05) is 18.2 Å². The van der Waals surface area contributed by atoms with E-state index in [-0.39, 0.29) is 0 Å². The summed E-state index contributed by atoms with van der Waals surface area (Å²) in [6.07, 6.45) is 1.20. The molecule has 98 valence electrons. The summed E-state index contributed by atoms with van der Waals surface area (Å²) in [5, 5.41) is 4.83. The van der Waals surface area contributed by atoms with E-state index in [4.69, 9.17) is 23.2 Å². The molecule has 0 spiro atoms. The molecular formula is C16H15Cl2N. The van der Waals surface area contributed by atoms with Crippen LogP contribution in [-0.4, -0.2) is 6.04 Å². The molecule has 2 atom stereocenters. The molecule has 0 aromatic heterocycles. The minimum atomic E-state index is 0.553. The average molecular weight is 292 g/mol. The molecule has 3 heteroatoms. The molecule has 3 rings (SSSR count). The third kappa shape index (κ3) is 2.94. The van der Waals surface area contributed by atoms with Gasteiger partial charge >= 0.3 is 0 Å². The molecule has 1 N–H and O–H groups in total. The van der Waals surface area contributed by atoms with Crippen LogP contribution in [0.25, 0.3) is 0 Å². The summed E-state index contributed by atoms with van der Waals surface area (Å²) >= 11 is 12.2. The quantitative estimate of drug-likeness (QED) is 0.865. The van der Waals surface area contributed by atoms with E-state index in [1.165, 1.54) is 12.0 Å². The normalized spacial score (nSPS) is 21.4. The lowest BCUT2D eigenvalue weighted by molar-refractivity contribution is 0.673. The summed E-state index contributed by atoms with van der Waals surface area (Å²) in [6.45, 7) is 0.771. The molecule has 1 fully saturated rings. The first-order valence-corrected chi connectivity index (χ1v) is 7.22. The summed E-state index contributed by atoms with van der Waals surface area (Å²) in [7, 11) is 0. The van der Waals surface area contributed by atoms with Gasteiger partial charge in [0, 0.05) is 18.5 Å². The number of halogens is 2. The number of hydrogen-bond donors (Lipinski definition) is 1. The maximum Gasteiger partial charge on any atom is 0.0637 e. The monoisotopic (exact) mass is 291 g/mol. The first-order valence-electron chi connectivity index (χ1n) is 6.47. The Morgan fingerprint density at radius 2 is 1.79 bits per heavy atom. The number of rotatable bonds is 4. The lowest BCUT2D eigenvalue weighted by Gasteiger charge is -2.07. The van der Waals surface area contributed by atoms with Crippen LogP contribution in [0.4, 0.5) is 0 Å². The number of benzene rings is 2. The van der Waals surface area contributed by atoms with Gasteiger partial charge in [0.05, 0.1) is 10.0 Å². The summed E-state index contributed by atoms with van der Waals surface area (Å²) < 4.78 is 0. The van der Waals surface area contributed by atoms with Gasteiger partial charge in [-0.3, -0.25) is 0 Å². The minimum absolute atomic E-state index is 0.553. The second-order valence-corrected chi connectivity index (χ2v) is 5.74. The van der Waals surface area contributed by atoms with Crippen molar-refractivity contribution in [2.24, 2.45) is 0 Å². The molecule has 0 amide bonds. The van der Waals surface area contributed by atoms with Crippen LogP contribution in [0.2, 0.25) is 10.0 Å². The highest BCUT2D eigenvalue weighted by Crippen LogP contribution is 2.41. The third-order valence-electron chi connectivity index (χ3n) is 3.60. The van der Waals surface area contributed by atoms with E-state index in [2.05, 4.69) is 35.6 Å². The zero-order valence-electron chi connectivity index (χ0n) is 10.4. The maximum absolute atomic E-state index is 6.18. The largest absolute Gasteiger partial charge is 0.309 e. The van der Waals surface area contributed by atoms with Gasteiger partial charge in [0.25, 0.3) is 0 Å². The summed E-state index contributed by atoms with van der Waals surface area (Å²) in [6, 6.07) is 17.0.